The lowest BCUT2D eigenvalue weighted by Crippen LogP contribution is -2.41. The second kappa shape index (κ2) is 8.38. The third-order valence-electron chi connectivity index (χ3n) is 2.64. The van der Waals surface area contributed by atoms with Gasteiger partial charge in [0, 0.05) is 25.2 Å². The fourth-order valence-corrected chi connectivity index (χ4v) is 1.39. The van der Waals surface area contributed by atoms with Crippen molar-refractivity contribution in [2.24, 2.45) is 5.41 Å². The predicted molar refractivity (Wildman–Crippen MR) is 75.2 cm³/mol. The highest BCUT2D eigenvalue weighted by atomic mass is 16.6. The third-order valence-corrected chi connectivity index (χ3v) is 2.64. The molecular formula is C14H29NO4. The zero-order valence-electron chi connectivity index (χ0n) is 12.9. The molecule has 0 aliphatic heterocycles. The summed E-state index contributed by atoms with van der Waals surface area (Å²) in [5, 5.41) is 12.1. The van der Waals surface area contributed by atoms with Crippen LogP contribution >= 0.6 is 0 Å². The molecule has 114 valence electrons. The van der Waals surface area contributed by atoms with Crippen LogP contribution in [0.25, 0.3) is 0 Å². The molecule has 0 radical (unpaired) electrons. The first-order valence-corrected chi connectivity index (χ1v) is 6.88. The Labute approximate surface area is 116 Å². The van der Waals surface area contributed by atoms with Crippen LogP contribution in [0.4, 0.5) is 4.79 Å². The van der Waals surface area contributed by atoms with Crippen LogP contribution in [0.5, 0.6) is 0 Å². The van der Waals surface area contributed by atoms with E-state index in [1.807, 2.05) is 27.7 Å². The Balaban J connectivity index is 4.05. The number of aliphatic hydroxyl groups is 1. The van der Waals surface area contributed by atoms with Gasteiger partial charge in [-0.1, -0.05) is 13.8 Å². The molecule has 0 saturated heterocycles. The lowest BCUT2D eigenvalue weighted by molar-refractivity contribution is 0.0411. The Morgan fingerprint density at radius 3 is 2.32 bits per heavy atom. The average Bonchev–Trinajstić information content (AvgIpc) is 2.30. The van der Waals surface area contributed by atoms with Crippen LogP contribution in [0.1, 0.15) is 47.5 Å². The Kier molecular flexibility index (Phi) is 8.02. The van der Waals surface area contributed by atoms with Crippen molar-refractivity contribution in [3.8, 4) is 0 Å². The molecule has 1 unspecified atom stereocenters. The minimum atomic E-state index is -0.510. The number of nitrogens with one attached hydrogen (secondary N) is 1. The molecule has 0 bridgehead atoms. The van der Waals surface area contributed by atoms with Gasteiger partial charge in [0.05, 0.1) is 6.61 Å². The van der Waals surface area contributed by atoms with Crippen LogP contribution in [-0.4, -0.2) is 43.2 Å². The third kappa shape index (κ3) is 9.73. The van der Waals surface area contributed by atoms with Crippen molar-refractivity contribution in [3.63, 3.8) is 0 Å². The molecule has 0 aliphatic carbocycles. The van der Waals surface area contributed by atoms with Gasteiger partial charge in [0.25, 0.3) is 0 Å². The Bertz CT molecular complexity index is 263. The monoisotopic (exact) mass is 275 g/mol. The summed E-state index contributed by atoms with van der Waals surface area (Å²) in [6, 6.07) is 0. The fraction of sp³-hybridized carbons (Fsp3) is 0.929. The van der Waals surface area contributed by atoms with Gasteiger partial charge in [-0.3, -0.25) is 0 Å². The molecule has 0 saturated carbocycles. The van der Waals surface area contributed by atoms with E-state index in [9.17, 15) is 9.90 Å². The van der Waals surface area contributed by atoms with Crippen LogP contribution in [0.3, 0.4) is 0 Å². The quantitative estimate of drug-likeness (QED) is 0.667. The van der Waals surface area contributed by atoms with Gasteiger partial charge in [-0.05, 0) is 33.6 Å². The van der Waals surface area contributed by atoms with Crippen molar-refractivity contribution < 1.29 is 19.4 Å². The van der Waals surface area contributed by atoms with E-state index < -0.39 is 11.7 Å². The van der Waals surface area contributed by atoms with Crippen LogP contribution in [0.2, 0.25) is 0 Å². The molecular weight excluding hydrogens is 246 g/mol. The molecule has 0 aromatic rings. The minimum absolute atomic E-state index is 0.00170. The van der Waals surface area contributed by atoms with Gasteiger partial charge in [-0.2, -0.15) is 0 Å². The van der Waals surface area contributed by atoms with Crippen molar-refractivity contribution >= 4 is 6.09 Å². The predicted octanol–water partition coefficient (Wildman–Crippen LogP) is 2.33. The van der Waals surface area contributed by atoms with Crippen LogP contribution in [0, 0.1) is 5.41 Å². The van der Waals surface area contributed by atoms with E-state index >= 15 is 0 Å². The summed E-state index contributed by atoms with van der Waals surface area (Å²) in [6.45, 7) is 11.1. The number of rotatable bonds is 8. The average molecular weight is 275 g/mol. The SMILES string of the molecule is CCCOCCC(C)(CO)CNC(=O)OC(C)(C)C. The molecule has 0 aliphatic rings. The number of aliphatic hydroxyl groups excluding tert-OH is 1. The van der Waals surface area contributed by atoms with Gasteiger partial charge < -0.3 is 19.9 Å². The van der Waals surface area contributed by atoms with Gasteiger partial charge in [-0.15, -0.1) is 0 Å². The molecule has 0 heterocycles. The lowest BCUT2D eigenvalue weighted by atomic mass is 9.88. The number of carbonyl (C=O) groups excluding carboxylic acids is 1. The molecule has 0 fully saturated rings. The van der Waals surface area contributed by atoms with E-state index in [-0.39, 0.29) is 12.0 Å². The summed E-state index contributed by atoms with van der Waals surface area (Å²) >= 11 is 0. The molecule has 0 rings (SSSR count). The van der Waals surface area contributed by atoms with Gasteiger partial charge >= 0.3 is 6.09 Å². The van der Waals surface area contributed by atoms with E-state index in [4.69, 9.17) is 9.47 Å². The lowest BCUT2D eigenvalue weighted by Gasteiger charge is -2.28. The maximum Gasteiger partial charge on any atom is 0.407 e. The Hall–Kier alpha value is -0.810. The van der Waals surface area contributed by atoms with Crippen LogP contribution in [-0.2, 0) is 9.47 Å². The summed E-state index contributed by atoms with van der Waals surface area (Å²) in [6.07, 6.45) is 1.22. The molecule has 0 aromatic heterocycles. The van der Waals surface area contributed by atoms with Crippen LogP contribution < -0.4 is 5.32 Å². The van der Waals surface area contributed by atoms with E-state index in [1.54, 1.807) is 0 Å². The Morgan fingerprint density at radius 1 is 1.21 bits per heavy atom. The largest absolute Gasteiger partial charge is 0.444 e. The second-order valence-electron chi connectivity index (χ2n) is 6.19. The molecule has 5 nitrogen and oxygen atoms in total. The number of ether oxygens (including phenoxy) is 2. The number of hydrogen-bond donors (Lipinski definition) is 2. The maximum absolute atomic E-state index is 11.6. The second-order valence-corrected chi connectivity index (χ2v) is 6.19. The van der Waals surface area contributed by atoms with Crippen molar-refractivity contribution in [2.75, 3.05) is 26.4 Å². The van der Waals surface area contributed by atoms with Crippen LogP contribution in [0.15, 0.2) is 0 Å². The number of amides is 1. The van der Waals surface area contributed by atoms with Gasteiger partial charge in [0.15, 0.2) is 0 Å². The fourth-order valence-electron chi connectivity index (χ4n) is 1.39. The Morgan fingerprint density at radius 2 is 1.84 bits per heavy atom. The van der Waals surface area contributed by atoms with Crippen molar-refractivity contribution in [1.82, 2.24) is 5.32 Å². The summed E-state index contributed by atoms with van der Waals surface area (Å²) in [5.41, 5.74) is -0.894. The molecule has 0 spiro atoms. The smallest absolute Gasteiger partial charge is 0.407 e. The summed E-state index contributed by atoms with van der Waals surface area (Å²) in [5.74, 6) is 0. The van der Waals surface area contributed by atoms with Gasteiger partial charge in [-0.25, -0.2) is 4.79 Å². The number of alkyl carbamates (subject to hydrolysis) is 1. The van der Waals surface area contributed by atoms with E-state index in [2.05, 4.69) is 12.2 Å². The topological polar surface area (TPSA) is 67.8 Å². The first kappa shape index (κ1) is 18.2. The molecule has 2 N–H and O–H groups in total. The van der Waals surface area contributed by atoms with Crippen molar-refractivity contribution in [2.45, 2.75) is 53.1 Å². The van der Waals surface area contributed by atoms with E-state index in [0.29, 0.717) is 19.6 Å². The summed E-state index contributed by atoms with van der Waals surface area (Å²) < 4.78 is 10.6. The highest BCUT2D eigenvalue weighted by Gasteiger charge is 2.25. The molecule has 19 heavy (non-hydrogen) atoms. The normalized spacial score (nSPS) is 14.8. The first-order valence-electron chi connectivity index (χ1n) is 6.88. The molecule has 5 heteroatoms. The number of carbonyl (C=O) groups is 1. The maximum atomic E-state index is 11.6. The van der Waals surface area contributed by atoms with Crippen molar-refractivity contribution in [1.29, 1.82) is 0 Å². The standard InChI is InChI=1S/C14H29NO4/c1-6-8-18-9-7-14(5,11-16)10-15-12(17)19-13(2,3)4/h16H,6-11H2,1-5H3,(H,15,17). The van der Waals surface area contributed by atoms with Gasteiger partial charge in [0.2, 0.25) is 0 Å². The zero-order chi connectivity index (χ0) is 14.9. The van der Waals surface area contributed by atoms with Crippen molar-refractivity contribution in [3.05, 3.63) is 0 Å². The van der Waals surface area contributed by atoms with E-state index in [0.717, 1.165) is 13.0 Å². The molecule has 0 aromatic carbocycles. The van der Waals surface area contributed by atoms with Gasteiger partial charge in [0.1, 0.15) is 5.60 Å². The highest BCUT2D eigenvalue weighted by molar-refractivity contribution is 5.67. The van der Waals surface area contributed by atoms with E-state index in [1.165, 1.54) is 0 Å². The number of hydrogen-bond acceptors (Lipinski definition) is 4. The summed E-state index contributed by atoms with van der Waals surface area (Å²) in [7, 11) is 0. The highest BCUT2D eigenvalue weighted by Crippen LogP contribution is 2.19. The molecule has 1 amide bonds. The summed E-state index contributed by atoms with van der Waals surface area (Å²) in [4.78, 5) is 11.6. The molecule has 1 atom stereocenters. The minimum Gasteiger partial charge on any atom is -0.444 e. The first-order chi connectivity index (χ1) is 8.72. The zero-order valence-corrected chi connectivity index (χ0v) is 12.9.